The molecule has 0 aromatic carbocycles. The Kier molecular flexibility index (Phi) is 50.4. The Morgan fingerprint density at radius 3 is 1.35 bits per heavy atom. The van der Waals surface area contributed by atoms with Crippen molar-refractivity contribution in [1.82, 2.24) is 5.32 Å². The molecule has 1 amide bonds. The largest absolute Gasteiger partial charge is 0.454 e. The molecule has 1 saturated heterocycles. The summed E-state index contributed by atoms with van der Waals surface area (Å²) in [6.07, 6.45) is 61.6. The van der Waals surface area contributed by atoms with Gasteiger partial charge in [0.1, 0.15) is 24.4 Å². The highest BCUT2D eigenvalue weighted by atomic mass is 16.7. The predicted molar refractivity (Wildman–Crippen MR) is 324 cm³/mol. The van der Waals surface area contributed by atoms with Crippen molar-refractivity contribution >= 4 is 11.9 Å². The first-order valence-corrected chi connectivity index (χ1v) is 31.5. The Labute approximate surface area is 475 Å². The minimum Gasteiger partial charge on any atom is -0.454 e. The molecule has 448 valence electrons. The van der Waals surface area contributed by atoms with Gasteiger partial charge in [0.15, 0.2) is 12.4 Å². The molecule has 1 rings (SSSR count). The number of rotatable bonds is 52. The zero-order valence-electron chi connectivity index (χ0n) is 49.5. The van der Waals surface area contributed by atoms with Gasteiger partial charge in [-0.05, 0) is 103 Å². The molecular formula is C67H115NO10. The molecule has 0 bridgehead atoms. The molecule has 0 aromatic rings. The highest BCUT2D eigenvalue weighted by Crippen LogP contribution is 2.26. The molecule has 6 N–H and O–H groups in total. The van der Waals surface area contributed by atoms with Crippen molar-refractivity contribution in [3.05, 3.63) is 97.2 Å². The number of aliphatic hydroxyl groups is 5. The summed E-state index contributed by atoms with van der Waals surface area (Å²) in [5, 5.41) is 56.9. The number of esters is 1. The minimum atomic E-state index is -1.63. The maximum atomic E-state index is 13.4. The summed E-state index contributed by atoms with van der Waals surface area (Å²) in [5.74, 6) is -1.27. The lowest BCUT2D eigenvalue weighted by Crippen LogP contribution is -2.61. The summed E-state index contributed by atoms with van der Waals surface area (Å²) in [7, 11) is 0. The topological polar surface area (TPSA) is 175 Å². The number of unbranched alkanes of at least 4 members (excludes halogenated alkanes) is 24. The number of hydrogen-bond donors (Lipinski definition) is 6. The summed E-state index contributed by atoms with van der Waals surface area (Å²) in [6.45, 7) is 5.69. The van der Waals surface area contributed by atoms with Crippen LogP contribution in [0.15, 0.2) is 97.2 Å². The quantitative estimate of drug-likeness (QED) is 0.0195. The average molecular weight is 1090 g/mol. The lowest BCUT2D eigenvalue weighted by molar-refractivity contribution is -0.305. The molecule has 1 fully saturated rings. The first kappa shape index (κ1) is 72.6. The fraction of sp³-hybridized carbons (Fsp3) is 0.731. The molecule has 0 aliphatic carbocycles. The minimum absolute atomic E-state index is 0.104. The predicted octanol–water partition coefficient (Wildman–Crippen LogP) is 15.1. The normalized spacial score (nSPS) is 19.6. The van der Waals surface area contributed by atoms with Gasteiger partial charge in [-0.25, -0.2) is 0 Å². The van der Waals surface area contributed by atoms with E-state index in [0.29, 0.717) is 12.8 Å². The standard InChI is InChI=1S/C67H115NO10/c1-4-7-10-13-16-19-22-25-27-29-30-31-32-33-35-37-40-43-46-49-52-55-62(72)78-65-64(74)63(73)61(56-69)77-67(65)76-57-58(59(70)53-50-47-44-41-38-24-21-18-15-12-9-6-3)68-66(75)60(71)54-51-48-45-42-39-36-34-28-26-23-20-17-14-11-8-5-2/h16-17,19-20,25-28,30-31,36,39,45,48,50,53,58-61,63-65,67,69-71,73-74H,4-15,18,21-24,29,32-35,37-38,40-44,46-47,49,51-52,54-57H2,1-3H3,(H,68,75)/b19-16-,20-17-,27-25-,28-26-,31-30-,39-36-,48-45-,53-50+. The van der Waals surface area contributed by atoms with E-state index < -0.39 is 67.4 Å². The third-order valence-electron chi connectivity index (χ3n) is 14.2. The Hall–Kier alpha value is -3.42. The van der Waals surface area contributed by atoms with Gasteiger partial charge in [-0.15, -0.1) is 0 Å². The van der Waals surface area contributed by atoms with Crippen LogP contribution in [-0.2, 0) is 23.8 Å². The summed E-state index contributed by atoms with van der Waals surface area (Å²) >= 11 is 0. The average Bonchev–Trinajstić information content (AvgIpc) is 3.44. The van der Waals surface area contributed by atoms with Crippen LogP contribution in [0.4, 0.5) is 0 Å². The molecule has 0 spiro atoms. The van der Waals surface area contributed by atoms with Gasteiger partial charge in [-0.1, -0.05) is 240 Å². The maximum absolute atomic E-state index is 13.4. The zero-order valence-corrected chi connectivity index (χ0v) is 49.5. The van der Waals surface area contributed by atoms with Gasteiger partial charge in [-0.2, -0.15) is 0 Å². The van der Waals surface area contributed by atoms with Crippen LogP contribution in [0.1, 0.15) is 252 Å². The molecule has 11 nitrogen and oxygen atoms in total. The maximum Gasteiger partial charge on any atom is 0.306 e. The third-order valence-corrected chi connectivity index (χ3v) is 14.2. The smallest absolute Gasteiger partial charge is 0.306 e. The van der Waals surface area contributed by atoms with E-state index in [1.165, 1.54) is 109 Å². The van der Waals surface area contributed by atoms with Gasteiger partial charge in [-0.3, -0.25) is 9.59 Å². The third kappa shape index (κ3) is 41.6. The van der Waals surface area contributed by atoms with E-state index in [9.17, 15) is 35.1 Å². The van der Waals surface area contributed by atoms with Crippen molar-refractivity contribution in [1.29, 1.82) is 0 Å². The van der Waals surface area contributed by atoms with Gasteiger partial charge < -0.3 is 45.1 Å². The van der Waals surface area contributed by atoms with Crippen LogP contribution >= 0.6 is 0 Å². The highest BCUT2D eigenvalue weighted by Gasteiger charge is 2.47. The molecular weight excluding hydrogens is 979 g/mol. The van der Waals surface area contributed by atoms with Crippen LogP contribution in [-0.4, -0.2) is 99.6 Å². The van der Waals surface area contributed by atoms with Crippen LogP contribution in [0.25, 0.3) is 0 Å². The number of allylic oxidation sites excluding steroid dienone is 15. The van der Waals surface area contributed by atoms with E-state index >= 15 is 0 Å². The Morgan fingerprint density at radius 2 is 0.885 bits per heavy atom. The number of hydrogen-bond acceptors (Lipinski definition) is 10. The fourth-order valence-electron chi connectivity index (χ4n) is 9.18. The summed E-state index contributed by atoms with van der Waals surface area (Å²) in [5.41, 5.74) is 0. The van der Waals surface area contributed by atoms with E-state index in [2.05, 4.69) is 99.0 Å². The van der Waals surface area contributed by atoms with Crippen LogP contribution in [0.3, 0.4) is 0 Å². The molecule has 0 saturated carbocycles. The van der Waals surface area contributed by atoms with Crippen LogP contribution < -0.4 is 5.32 Å². The Balaban J connectivity index is 2.71. The number of carbonyl (C=O) groups excluding carboxylic acids is 2. The van der Waals surface area contributed by atoms with E-state index in [0.717, 1.165) is 96.3 Å². The van der Waals surface area contributed by atoms with E-state index in [1.807, 2.05) is 18.2 Å². The number of carbonyl (C=O) groups is 2. The van der Waals surface area contributed by atoms with Gasteiger partial charge in [0.05, 0.1) is 25.4 Å². The molecule has 78 heavy (non-hydrogen) atoms. The Morgan fingerprint density at radius 1 is 0.500 bits per heavy atom. The number of nitrogens with one attached hydrogen (secondary N) is 1. The number of amides is 1. The fourth-order valence-corrected chi connectivity index (χ4v) is 9.18. The van der Waals surface area contributed by atoms with E-state index in [-0.39, 0.29) is 19.4 Å². The molecule has 8 unspecified atom stereocenters. The Bertz CT molecular complexity index is 1630. The molecule has 1 aliphatic heterocycles. The molecule has 0 aromatic heterocycles. The van der Waals surface area contributed by atoms with Crippen molar-refractivity contribution in [2.75, 3.05) is 13.2 Å². The summed E-state index contributed by atoms with van der Waals surface area (Å²) in [6, 6.07) is -1.06. The number of aliphatic hydroxyl groups excluding tert-OH is 5. The molecule has 11 heteroatoms. The molecule has 1 heterocycles. The van der Waals surface area contributed by atoms with Gasteiger partial charge >= 0.3 is 5.97 Å². The van der Waals surface area contributed by atoms with Crippen LogP contribution in [0.2, 0.25) is 0 Å². The second-order valence-electron chi connectivity index (χ2n) is 21.4. The van der Waals surface area contributed by atoms with Gasteiger partial charge in [0.25, 0.3) is 0 Å². The van der Waals surface area contributed by atoms with Crippen molar-refractivity contribution in [3.63, 3.8) is 0 Å². The van der Waals surface area contributed by atoms with E-state index in [4.69, 9.17) is 14.2 Å². The molecule has 1 aliphatic rings. The lowest BCUT2D eigenvalue weighted by atomic mass is 9.99. The molecule has 8 atom stereocenters. The van der Waals surface area contributed by atoms with Gasteiger partial charge in [0.2, 0.25) is 5.91 Å². The second-order valence-corrected chi connectivity index (χ2v) is 21.4. The van der Waals surface area contributed by atoms with Crippen molar-refractivity contribution < 1.29 is 49.3 Å². The van der Waals surface area contributed by atoms with Crippen molar-refractivity contribution in [2.24, 2.45) is 0 Å². The zero-order chi connectivity index (χ0) is 56.8. The first-order chi connectivity index (χ1) is 38.2. The van der Waals surface area contributed by atoms with E-state index in [1.54, 1.807) is 6.08 Å². The molecule has 0 radical (unpaired) electrons. The SMILES string of the molecule is CCCCC/C=C\C/C=C\C/C=C\C/C=C\CCC(O)C(=O)NC(COC1OC(CO)C(O)C(O)C1OC(=O)CCCCCCCCCC/C=C\C/C=C\C/C=C\CCCCC)C(O)/C=C/CCCCCCCCCCCC. The van der Waals surface area contributed by atoms with Crippen molar-refractivity contribution in [2.45, 2.75) is 301 Å². The second kappa shape index (κ2) is 54.2. The van der Waals surface area contributed by atoms with Crippen molar-refractivity contribution in [3.8, 4) is 0 Å². The first-order valence-electron chi connectivity index (χ1n) is 31.5. The van der Waals surface area contributed by atoms with Crippen LogP contribution in [0, 0.1) is 0 Å². The summed E-state index contributed by atoms with van der Waals surface area (Å²) < 4.78 is 17.6. The highest BCUT2D eigenvalue weighted by molar-refractivity contribution is 5.80. The summed E-state index contributed by atoms with van der Waals surface area (Å²) in [4.78, 5) is 26.5. The van der Waals surface area contributed by atoms with Crippen LogP contribution in [0.5, 0.6) is 0 Å². The lowest BCUT2D eigenvalue weighted by Gasteiger charge is -2.41. The van der Waals surface area contributed by atoms with Gasteiger partial charge in [0, 0.05) is 6.42 Å². The number of ether oxygens (including phenoxy) is 3. The monoisotopic (exact) mass is 1090 g/mol.